The Morgan fingerprint density at radius 3 is 2.37 bits per heavy atom. The molecule has 0 atom stereocenters. The van der Waals surface area contributed by atoms with E-state index in [9.17, 15) is 4.79 Å². The van der Waals surface area contributed by atoms with Gasteiger partial charge in [-0.3, -0.25) is 4.79 Å². The number of halogens is 3. The van der Waals surface area contributed by atoms with Gasteiger partial charge in [-0.2, -0.15) is 0 Å². The van der Waals surface area contributed by atoms with Crippen LogP contribution in [0.2, 0.25) is 15.1 Å². The van der Waals surface area contributed by atoms with E-state index in [0.717, 1.165) is 6.42 Å². The molecule has 1 N–H and O–H groups in total. The minimum Gasteiger partial charge on any atom is -0.482 e. The molecular formula is C13H16Cl3NO2. The normalized spacial score (nSPS) is 11.3. The summed E-state index contributed by atoms with van der Waals surface area (Å²) in [5, 5.41) is 3.84. The molecule has 1 amide bonds. The van der Waals surface area contributed by atoms with Crippen molar-refractivity contribution in [2.75, 3.05) is 6.61 Å². The zero-order chi connectivity index (χ0) is 14.6. The molecule has 0 aliphatic rings. The summed E-state index contributed by atoms with van der Waals surface area (Å²) in [5.41, 5.74) is -0.262. The molecular weight excluding hydrogens is 309 g/mol. The van der Waals surface area contributed by atoms with Crippen LogP contribution in [-0.2, 0) is 4.79 Å². The van der Waals surface area contributed by atoms with Crippen molar-refractivity contribution >= 4 is 40.7 Å². The Kier molecular flexibility index (Phi) is 5.78. The molecule has 19 heavy (non-hydrogen) atoms. The largest absolute Gasteiger partial charge is 0.482 e. The third-order valence-corrected chi connectivity index (χ3v) is 3.71. The smallest absolute Gasteiger partial charge is 0.258 e. The van der Waals surface area contributed by atoms with E-state index in [1.807, 2.05) is 20.8 Å². The van der Waals surface area contributed by atoms with Crippen LogP contribution in [-0.4, -0.2) is 18.1 Å². The highest BCUT2D eigenvalue weighted by Crippen LogP contribution is 2.33. The third-order valence-electron chi connectivity index (χ3n) is 2.70. The molecule has 1 aromatic carbocycles. The van der Waals surface area contributed by atoms with E-state index in [-0.39, 0.29) is 18.1 Å². The van der Waals surface area contributed by atoms with Crippen LogP contribution in [0, 0.1) is 0 Å². The molecule has 0 unspecified atom stereocenters. The molecule has 3 nitrogen and oxygen atoms in total. The lowest BCUT2D eigenvalue weighted by molar-refractivity contribution is -0.124. The average Bonchev–Trinajstić information content (AvgIpc) is 2.31. The zero-order valence-electron chi connectivity index (χ0n) is 11.0. The molecule has 1 rings (SSSR count). The Balaban J connectivity index is 2.63. The fourth-order valence-corrected chi connectivity index (χ4v) is 1.85. The maximum absolute atomic E-state index is 11.7. The first-order chi connectivity index (χ1) is 8.75. The van der Waals surface area contributed by atoms with Crippen molar-refractivity contribution in [2.24, 2.45) is 0 Å². The summed E-state index contributed by atoms with van der Waals surface area (Å²) in [4.78, 5) is 11.7. The minimum absolute atomic E-state index is 0.124. The van der Waals surface area contributed by atoms with Crippen LogP contribution < -0.4 is 10.1 Å². The first-order valence-electron chi connectivity index (χ1n) is 5.83. The van der Waals surface area contributed by atoms with E-state index in [4.69, 9.17) is 39.5 Å². The summed E-state index contributed by atoms with van der Waals surface area (Å²) in [6, 6.07) is 2.97. The first-order valence-corrected chi connectivity index (χ1v) is 6.97. The van der Waals surface area contributed by atoms with Gasteiger partial charge in [0.1, 0.15) is 5.75 Å². The van der Waals surface area contributed by atoms with E-state index >= 15 is 0 Å². The number of carbonyl (C=O) groups excluding carboxylic acids is 1. The Morgan fingerprint density at radius 1 is 1.21 bits per heavy atom. The number of carbonyl (C=O) groups is 1. The molecule has 0 aliphatic heterocycles. The highest BCUT2D eigenvalue weighted by atomic mass is 35.5. The predicted octanol–water partition coefficient (Wildman–Crippen LogP) is 4.33. The van der Waals surface area contributed by atoms with Crippen molar-refractivity contribution in [1.82, 2.24) is 5.32 Å². The van der Waals surface area contributed by atoms with Crippen molar-refractivity contribution in [3.8, 4) is 5.75 Å². The summed E-state index contributed by atoms with van der Waals surface area (Å²) < 4.78 is 5.34. The van der Waals surface area contributed by atoms with Crippen molar-refractivity contribution in [1.29, 1.82) is 0 Å². The third kappa shape index (κ3) is 5.09. The molecule has 1 aromatic rings. The number of nitrogens with one attached hydrogen (secondary N) is 1. The minimum atomic E-state index is -0.262. The quantitative estimate of drug-likeness (QED) is 0.819. The molecule has 106 valence electrons. The van der Waals surface area contributed by atoms with E-state index < -0.39 is 0 Å². The fraction of sp³-hybridized carbons (Fsp3) is 0.462. The van der Waals surface area contributed by atoms with Gasteiger partial charge in [0.05, 0.1) is 15.1 Å². The molecule has 0 radical (unpaired) electrons. The van der Waals surface area contributed by atoms with Crippen LogP contribution in [0.15, 0.2) is 12.1 Å². The van der Waals surface area contributed by atoms with Gasteiger partial charge in [-0.1, -0.05) is 41.7 Å². The molecule has 0 spiro atoms. The van der Waals surface area contributed by atoms with Gasteiger partial charge in [0.15, 0.2) is 6.61 Å². The Labute approximate surface area is 128 Å². The Hall–Kier alpha value is -0.640. The van der Waals surface area contributed by atoms with Crippen LogP contribution in [0.3, 0.4) is 0 Å². The van der Waals surface area contributed by atoms with E-state index in [1.165, 1.54) is 12.1 Å². The van der Waals surface area contributed by atoms with Gasteiger partial charge in [0.25, 0.3) is 5.91 Å². The first kappa shape index (κ1) is 16.4. The topological polar surface area (TPSA) is 38.3 Å². The van der Waals surface area contributed by atoms with E-state index in [2.05, 4.69) is 5.32 Å². The van der Waals surface area contributed by atoms with Gasteiger partial charge in [-0.25, -0.2) is 0 Å². The van der Waals surface area contributed by atoms with Crippen LogP contribution >= 0.6 is 34.8 Å². The molecule has 0 saturated heterocycles. The lowest BCUT2D eigenvalue weighted by Crippen LogP contribution is -2.44. The molecule has 0 heterocycles. The van der Waals surface area contributed by atoms with Gasteiger partial charge in [0.2, 0.25) is 0 Å². The average molecular weight is 325 g/mol. The Bertz CT molecular complexity index is 475. The zero-order valence-corrected chi connectivity index (χ0v) is 13.3. The van der Waals surface area contributed by atoms with Gasteiger partial charge < -0.3 is 10.1 Å². The fourth-order valence-electron chi connectivity index (χ4n) is 1.26. The standard InChI is InChI=1S/C13H16Cl3NO2/c1-4-13(2,3)17-12(18)7-19-11-6-9(15)8(14)5-10(11)16/h5-6H,4,7H2,1-3H3,(H,17,18). The molecule has 6 heteroatoms. The van der Waals surface area contributed by atoms with Crippen molar-refractivity contribution < 1.29 is 9.53 Å². The second-order valence-corrected chi connectivity index (χ2v) is 5.99. The van der Waals surface area contributed by atoms with Crippen LogP contribution in [0.5, 0.6) is 5.75 Å². The molecule has 0 fully saturated rings. The van der Waals surface area contributed by atoms with Gasteiger partial charge in [0, 0.05) is 11.6 Å². The molecule has 0 bridgehead atoms. The molecule has 0 saturated carbocycles. The highest BCUT2D eigenvalue weighted by Gasteiger charge is 2.18. The summed E-state index contributed by atoms with van der Waals surface area (Å²) in [7, 11) is 0. The number of hydrogen-bond acceptors (Lipinski definition) is 2. The van der Waals surface area contributed by atoms with Crippen LogP contribution in [0.25, 0.3) is 0 Å². The number of rotatable bonds is 5. The number of ether oxygens (including phenoxy) is 1. The second kappa shape index (κ2) is 6.69. The summed E-state index contributed by atoms with van der Waals surface area (Å²) >= 11 is 17.6. The number of hydrogen-bond donors (Lipinski definition) is 1. The van der Waals surface area contributed by atoms with E-state index in [1.54, 1.807) is 0 Å². The number of amides is 1. The summed E-state index contributed by atoms with van der Waals surface area (Å²) in [6.07, 6.45) is 0.826. The van der Waals surface area contributed by atoms with Crippen molar-refractivity contribution in [2.45, 2.75) is 32.7 Å². The molecule has 0 aromatic heterocycles. The van der Waals surface area contributed by atoms with Gasteiger partial charge >= 0.3 is 0 Å². The highest BCUT2D eigenvalue weighted by molar-refractivity contribution is 6.43. The summed E-state index contributed by atoms with van der Waals surface area (Å²) in [5.74, 6) is 0.120. The van der Waals surface area contributed by atoms with Crippen LogP contribution in [0.1, 0.15) is 27.2 Å². The maximum Gasteiger partial charge on any atom is 0.258 e. The van der Waals surface area contributed by atoms with Crippen molar-refractivity contribution in [3.63, 3.8) is 0 Å². The van der Waals surface area contributed by atoms with Crippen LogP contribution in [0.4, 0.5) is 0 Å². The lowest BCUT2D eigenvalue weighted by Gasteiger charge is -2.24. The summed E-state index contributed by atoms with van der Waals surface area (Å²) in [6.45, 7) is 5.76. The maximum atomic E-state index is 11.7. The Morgan fingerprint density at radius 2 is 1.79 bits per heavy atom. The lowest BCUT2D eigenvalue weighted by atomic mass is 10.0. The predicted molar refractivity (Wildman–Crippen MR) is 79.5 cm³/mol. The SMILES string of the molecule is CCC(C)(C)NC(=O)COc1cc(Cl)c(Cl)cc1Cl. The number of benzene rings is 1. The van der Waals surface area contributed by atoms with Crippen molar-refractivity contribution in [3.05, 3.63) is 27.2 Å². The van der Waals surface area contributed by atoms with Gasteiger partial charge in [-0.05, 0) is 26.3 Å². The monoisotopic (exact) mass is 323 g/mol. The second-order valence-electron chi connectivity index (χ2n) is 4.77. The molecule has 0 aliphatic carbocycles. The van der Waals surface area contributed by atoms with E-state index in [0.29, 0.717) is 20.8 Å². The van der Waals surface area contributed by atoms with Gasteiger partial charge in [-0.15, -0.1) is 0 Å².